The maximum atomic E-state index is 9.01. The van der Waals surface area contributed by atoms with Gasteiger partial charge in [-0.05, 0) is 12.0 Å². The lowest BCUT2D eigenvalue weighted by atomic mass is 10.2. The van der Waals surface area contributed by atoms with Gasteiger partial charge < -0.3 is 15.0 Å². The molecule has 1 fully saturated rings. The van der Waals surface area contributed by atoms with Gasteiger partial charge in [0.15, 0.2) is 5.82 Å². The van der Waals surface area contributed by atoms with E-state index in [-0.39, 0.29) is 0 Å². The second kappa shape index (κ2) is 7.22. The topological polar surface area (TPSA) is 79.0 Å². The zero-order valence-corrected chi connectivity index (χ0v) is 13.2. The van der Waals surface area contributed by atoms with Gasteiger partial charge in [0.2, 0.25) is 0 Å². The number of ether oxygens (including phenoxy) is 1. The Morgan fingerprint density at radius 3 is 2.91 bits per heavy atom. The molecule has 7 nitrogen and oxygen atoms in total. The van der Waals surface area contributed by atoms with Crippen LogP contribution in [0.1, 0.15) is 11.1 Å². The summed E-state index contributed by atoms with van der Waals surface area (Å²) in [6.07, 6.45) is 6.33. The van der Waals surface area contributed by atoms with Crippen molar-refractivity contribution in [2.75, 3.05) is 39.8 Å². The van der Waals surface area contributed by atoms with Crippen LogP contribution in [0, 0.1) is 11.3 Å². The molecule has 1 aliphatic heterocycles. The van der Waals surface area contributed by atoms with Gasteiger partial charge in [0.25, 0.3) is 0 Å². The van der Waals surface area contributed by atoms with Crippen molar-refractivity contribution in [1.29, 1.82) is 5.26 Å². The van der Waals surface area contributed by atoms with Crippen LogP contribution in [0.15, 0.2) is 24.7 Å². The van der Waals surface area contributed by atoms with E-state index < -0.39 is 0 Å². The van der Waals surface area contributed by atoms with Crippen LogP contribution in [0.5, 0.6) is 5.75 Å². The van der Waals surface area contributed by atoms with Gasteiger partial charge in [-0.1, -0.05) is 0 Å². The number of rotatable bonds is 5. The average Bonchev–Trinajstić information content (AvgIpc) is 3.09. The van der Waals surface area contributed by atoms with Gasteiger partial charge in [-0.3, -0.25) is 0 Å². The number of piperazine rings is 1. The Kier molecular flexibility index (Phi) is 4.86. The van der Waals surface area contributed by atoms with Crippen molar-refractivity contribution in [3.8, 4) is 17.6 Å². The standard InChI is InChI=1S/C16H20N6O/c1-23-15-8-16(19-11-14(15)9-17)22-12-13(10-20-22)2-5-21-6-3-18-4-7-21/h8,10-12,18H,2-7H2,1H3. The van der Waals surface area contributed by atoms with E-state index >= 15 is 0 Å². The van der Waals surface area contributed by atoms with Crippen molar-refractivity contribution >= 4 is 0 Å². The molecule has 23 heavy (non-hydrogen) atoms. The lowest BCUT2D eigenvalue weighted by molar-refractivity contribution is 0.244. The lowest BCUT2D eigenvalue weighted by Crippen LogP contribution is -2.44. The zero-order chi connectivity index (χ0) is 16.1. The maximum absolute atomic E-state index is 9.01. The fraction of sp³-hybridized carbons (Fsp3) is 0.438. The van der Waals surface area contributed by atoms with Crippen molar-refractivity contribution in [3.05, 3.63) is 35.8 Å². The molecule has 3 heterocycles. The Balaban J connectivity index is 1.68. The van der Waals surface area contributed by atoms with E-state index in [4.69, 9.17) is 10.00 Å². The highest BCUT2D eigenvalue weighted by molar-refractivity contribution is 5.45. The Morgan fingerprint density at radius 2 is 2.17 bits per heavy atom. The van der Waals surface area contributed by atoms with Crippen LogP contribution in [0.25, 0.3) is 5.82 Å². The Morgan fingerprint density at radius 1 is 1.35 bits per heavy atom. The summed E-state index contributed by atoms with van der Waals surface area (Å²) < 4.78 is 6.93. The molecule has 2 aromatic heterocycles. The molecular formula is C16H20N6O. The summed E-state index contributed by atoms with van der Waals surface area (Å²) in [7, 11) is 1.54. The minimum absolute atomic E-state index is 0.419. The molecule has 1 N–H and O–H groups in total. The number of nitriles is 1. The molecule has 1 aliphatic rings. The molecule has 3 rings (SSSR count). The van der Waals surface area contributed by atoms with Gasteiger partial charge in [0, 0.05) is 45.0 Å². The van der Waals surface area contributed by atoms with Gasteiger partial charge in [-0.25, -0.2) is 9.67 Å². The van der Waals surface area contributed by atoms with Crippen LogP contribution >= 0.6 is 0 Å². The summed E-state index contributed by atoms with van der Waals surface area (Å²) in [5.74, 6) is 1.16. The molecule has 0 bridgehead atoms. The van der Waals surface area contributed by atoms with Crippen LogP contribution in [-0.2, 0) is 6.42 Å². The van der Waals surface area contributed by atoms with Gasteiger partial charge in [0.1, 0.15) is 17.4 Å². The van der Waals surface area contributed by atoms with E-state index in [2.05, 4.69) is 26.4 Å². The number of hydrogen-bond acceptors (Lipinski definition) is 6. The van der Waals surface area contributed by atoms with E-state index in [9.17, 15) is 0 Å². The molecule has 0 atom stereocenters. The van der Waals surface area contributed by atoms with Crippen LogP contribution in [-0.4, -0.2) is 59.5 Å². The molecule has 7 heteroatoms. The summed E-state index contributed by atoms with van der Waals surface area (Å²) in [6.45, 7) is 5.37. The molecule has 0 unspecified atom stereocenters. The lowest BCUT2D eigenvalue weighted by Gasteiger charge is -2.26. The largest absolute Gasteiger partial charge is 0.495 e. The number of pyridine rings is 1. The first-order chi connectivity index (χ1) is 11.3. The molecular weight excluding hydrogens is 292 g/mol. The Hall–Kier alpha value is -2.43. The summed E-state index contributed by atoms with van der Waals surface area (Å²) in [6, 6.07) is 3.79. The van der Waals surface area contributed by atoms with Crippen LogP contribution in [0.4, 0.5) is 0 Å². The number of hydrogen-bond donors (Lipinski definition) is 1. The van der Waals surface area contributed by atoms with E-state index in [1.807, 2.05) is 12.4 Å². The molecule has 0 spiro atoms. The summed E-state index contributed by atoms with van der Waals surface area (Å²) in [5.41, 5.74) is 1.59. The van der Waals surface area contributed by atoms with Crippen molar-refractivity contribution in [2.24, 2.45) is 0 Å². The number of aromatic nitrogens is 3. The maximum Gasteiger partial charge on any atom is 0.157 e. The normalized spacial score (nSPS) is 15.3. The number of nitrogens with one attached hydrogen (secondary N) is 1. The molecule has 0 saturated carbocycles. The molecule has 0 aromatic carbocycles. The molecule has 0 aliphatic carbocycles. The van der Waals surface area contributed by atoms with E-state index in [0.29, 0.717) is 17.1 Å². The van der Waals surface area contributed by atoms with Gasteiger partial charge in [0.05, 0.1) is 19.5 Å². The zero-order valence-electron chi connectivity index (χ0n) is 13.2. The summed E-state index contributed by atoms with van der Waals surface area (Å²) in [5, 5.41) is 16.7. The SMILES string of the molecule is COc1cc(-n2cc(CCN3CCNCC3)cn2)ncc1C#N. The van der Waals surface area contributed by atoms with E-state index in [0.717, 1.165) is 39.1 Å². The first-order valence-corrected chi connectivity index (χ1v) is 7.71. The molecule has 1 saturated heterocycles. The van der Waals surface area contributed by atoms with Gasteiger partial charge >= 0.3 is 0 Å². The first kappa shape index (κ1) is 15.5. The third kappa shape index (κ3) is 3.67. The minimum atomic E-state index is 0.419. The summed E-state index contributed by atoms with van der Waals surface area (Å²) >= 11 is 0. The Bertz CT molecular complexity index is 699. The molecule has 2 aromatic rings. The smallest absolute Gasteiger partial charge is 0.157 e. The molecule has 0 amide bonds. The number of methoxy groups -OCH3 is 1. The van der Waals surface area contributed by atoms with E-state index in [1.165, 1.54) is 11.8 Å². The second-order valence-corrected chi connectivity index (χ2v) is 5.49. The van der Waals surface area contributed by atoms with Crippen LogP contribution in [0.2, 0.25) is 0 Å². The number of nitrogens with zero attached hydrogens (tertiary/aromatic N) is 5. The monoisotopic (exact) mass is 312 g/mol. The highest BCUT2D eigenvalue weighted by Gasteiger charge is 2.11. The Labute approximate surface area is 135 Å². The third-order valence-electron chi connectivity index (χ3n) is 3.99. The molecule has 0 radical (unpaired) electrons. The van der Waals surface area contributed by atoms with Gasteiger partial charge in [-0.2, -0.15) is 10.4 Å². The average molecular weight is 312 g/mol. The van der Waals surface area contributed by atoms with Crippen molar-refractivity contribution in [1.82, 2.24) is 25.0 Å². The van der Waals surface area contributed by atoms with Crippen LogP contribution in [0.3, 0.4) is 0 Å². The quantitative estimate of drug-likeness (QED) is 0.871. The predicted octanol–water partition coefficient (Wildman–Crippen LogP) is 0.595. The minimum Gasteiger partial charge on any atom is -0.495 e. The fourth-order valence-corrected chi connectivity index (χ4v) is 2.64. The van der Waals surface area contributed by atoms with Gasteiger partial charge in [-0.15, -0.1) is 0 Å². The highest BCUT2D eigenvalue weighted by Crippen LogP contribution is 2.19. The van der Waals surface area contributed by atoms with Crippen molar-refractivity contribution < 1.29 is 4.74 Å². The fourth-order valence-electron chi connectivity index (χ4n) is 2.64. The third-order valence-corrected chi connectivity index (χ3v) is 3.99. The van der Waals surface area contributed by atoms with Crippen LogP contribution < -0.4 is 10.1 Å². The van der Waals surface area contributed by atoms with Crippen molar-refractivity contribution in [2.45, 2.75) is 6.42 Å². The second-order valence-electron chi connectivity index (χ2n) is 5.49. The first-order valence-electron chi connectivity index (χ1n) is 7.71. The summed E-state index contributed by atoms with van der Waals surface area (Å²) in [4.78, 5) is 6.73. The predicted molar refractivity (Wildman–Crippen MR) is 85.6 cm³/mol. The van der Waals surface area contributed by atoms with E-state index in [1.54, 1.807) is 17.9 Å². The van der Waals surface area contributed by atoms with Crippen molar-refractivity contribution in [3.63, 3.8) is 0 Å². The molecule has 120 valence electrons. The highest BCUT2D eigenvalue weighted by atomic mass is 16.5.